The van der Waals surface area contributed by atoms with Crippen LogP contribution in [-0.4, -0.2) is 36.9 Å². The Morgan fingerprint density at radius 1 is 1.32 bits per heavy atom. The van der Waals surface area contributed by atoms with Crippen molar-refractivity contribution in [3.63, 3.8) is 0 Å². The molecule has 130 valence electrons. The van der Waals surface area contributed by atoms with Crippen LogP contribution in [0.3, 0.4) is 0 Å². The van der Waals surface area contributed by atoms with E-state index >= 15 is 0 Å². The van der Waals surface area contributed by atoms with Crippen molar-refractivity contribution in [1.29, 1.82) is 0 Å². The van der Waals surface area contributed by atoms with Gasteiger partial charge in [0.2, 0.25) is 5.89 Å². The molecule has 1 aliphatic heterocycles. The van der Waals surface area contributed by atoms with Gasteiger partial charge in [-0.2, -0.15) is 4.98 Å². The van der Waals surface area contributed by atoms with Gasteiger partial charge in [0.15, 0.2) is 11.5 Å². The molecule has 4 rings (SSSR count). The van der Waals surface area contributed by atoms with Crippen molar-refractivity contribution in [2.24, 2.45) is 0 Å². The lowest BCUT2D eigenvalue weighted by atomic mass is 10.2. The first-order valence-electron chi connectivity index (χ1n) is 8.64. The summed E-state index contributed by atoms with van der Waals surface area (Å²) in [5.41, 5.74) is 1.31. The summed E-state index contributed by atoms with van der Waals surface area (Å²) in [5.74, 6) is 2.10. The van der Waals surface area contributed by atoms with Crippen LogP contribution >= 0.6 is 0 Å². The molecule has 4 heterocycles. The Morgan fingerprint density at radius 3 is 2.92 bits per heavy atom. The smallest absolute Gasteiger partial charge is 0.275 e. The monoisotopic (exact) mass is 339 g/mol. The second-order valence-electron chi connectivity index (χ2n) is 6.77. The van der Waals surface area contributed by atoms with E-state index < -0.39 is 0 Å². The summed E-state index contributed by atoms with van der Waals surface area (Å²) >= 11 is 0. The Balaban J connectivity index is 1.68. The molecule has 25 heavy (non-hydrogen) atoms. The maximum atomic E-state index is 13.2. The van der Waals surface area contributed by atoms with Gasteiger partial charge >= 0.3 is 0 Å². The van der Waals surface area contributed by atoms with Crippen LogP contribution in [0, 0.1) is 6.92 Å². The van der Waals surface area contributed by atoms with E-state index in [4.69, 9.17) is 4.52 Å². The summed E-state index contributed by atoms with van der Waals surface area (Å²) in [6.45, 7) is 6.60. The van der Waals surface area contributed by atoms with Crippen molar-refractivity contribution in [1.82, 2.24) is 24.4 Å². The normalized spacial score (nSPS) is 17.8. The standard InChI is InChI=1S/C18H21N5O2/c1-11(2)17-20-16(21-25-17)14-8-6-10-23(14)18(24)15-13-7-4-5-9-22(13)12(3)19-15/h4-5,7,9,11,14H,6,8,10H2,1-3H3/t14-/m1/s1. The van der Waals surface area contributed by atoms with E-state index in [2.05, 4.69) is 15.1 Å². The van der Waals surface area contributed by atoms with E-state index in [9.17, 15) is 4.79 Å². The Hall–Kier alpha value is -2.70. The summed E-state index contributed by atoms with van der Waals surface area (Å²) in [4.78, 5) is 24.0. The topological polar surface area (TPSA) is 76.5 Å². The maximum absolute atomic E-state index is 13.2. The van der Waals surface area contributed by atoms with Crippen LogP contribution in [0.25, 0.3) is 5.52 Å². The molecule has 1 amide bonds. The average Bonchev–Trinajstić information content (AvgIpc) is 3.32. The number of aryl methyl sites for hydroxylation is 1. The molecule has 7 nitrogen and oxygen atoms in total. The first kappa shape index (κ1) is 15.8. The molecule has 3 aromatic heterocycles. The highest BCUT2D eigenvalue weighted by Gasteiger charge is 2.35. The average molecular weight is 339 g/mol. The number of pyridine rings is 1. The number of rotatable bonds is 3. The van der Waals surface area contributed by atoms with E-state index in [0.29, 0.717) is 24.0 Å². The van der Waals surface area contributed by atoms with E-state index in [1.807, 2.05) is 54.5 Å². The number of nitrogens with zero attached hydrogens (tertiary/aromatic N) is 5. The van der Waals surface area contributed by atoms with Gasteiger partial charge in [-0.1, -0.05) is 25.1 Å². The van der Waals surface area contributed by atoms with Crippen molar-refractivity contribution in [2.45, 2.75) is 45.6 Å². The highest BCUT2D eigenvalue weighted by atomic mass is 16.5. The zero-order chi connectivity index (χ0) is 17.6. The van der Waals surface area contributed by atoms with Crippen LogP contribution in [0.5, 0.6) is 0 Å². The van der Waals surface area contributed by atoms with Gasteiger partial charge in [-0.25, -0.2) is 4.98 Å². The lowest BCUT2D eigenvalue weighted by Crippen LogP contribution is -2.31. The summed E-state index contributed by atoms with van der Waals surface area (Å²) in [5, 5.41) is 4.11. The lowest BCUT2D eigenvalue weighted by molar-refractivity contribution is 0.0725. The third kappa shape index (κ3) is 2.59. The van der Waals surface area contributed by atoms with Gasteiger partial charge < -0.3 is 13.8 Å². The number of hydrogen-bond acceptors (Lipinski definition) is 5. The van der Waals surface area contributed by atoms with Crippen LogP contribution in [0.4, 0.5) is 0 Å². The molecule has 1 atom stereocenters. The molecule has 0 bridgehead atoms. The molecule has 0 spiro atoms. The van der Waals surface area contributed by atoms with Crippen LogP contribution in [0.2, 0.25) is 0 Å². The van der Waals surface area contributed by atoms with Crippen LogP contribution in [-0.2, 0) is 0 Å². The SMILES string of the molecule is Cc1nc(C(=O)N2CCC[C@@H]2c2noc(C(C)C)n2)c2ccccn12. The van der Waals surface area contributed by atoms with E-state index in [1.54, 1.807) is 0 Å². The molecule has 0 aliphatic carbocycles. The van der Waals surface area contributed by atoms with Gasteiger partial charge in [0, 0.05) is 18.7 Å². The molecule has 0 saturated carbocycles. The highest BCUT2D eigenvalue weighted by molar-refractivity contribution is 5.99. The van der Waals surface area contributed by atoms with Gasteiger partial charge in [-0.15, -0.1) is 0 Å². The first-order chi connectivity index (χ1) is 12.1. The fourth-order valence-corrected chi connectivity index (χ4v) is 3.38. The zero-order valence-electron chi connectivity index (χ0n) is 14.6. The van der Waals surface area contributed by atoms with Gasteiger partial charge in [0.05, 0.1) is 11.6 Å². The van der Waals surface area contributed by atoms with Gasteiger partial charge in [-0.3, -0.25) is 4.79 Å². The molecule has 1 fully saturated rings. The molecule has 0 unspecified atom stereocenters. The van der Waals surface area contributed by atoms with Crippen molar-refractivity contribution >= 4 is 11.4 Å². The predicted octanol–water partition coefficient (Wildman–Crippen LogP) is 3.13. The van der Waals surface area contributed by atoms with Crippen molar-refractivity contribution in [3.8, 4) is 0 Å². The number of likely N-dealkylation sites (tertiary alicyclic amines) is 1. The van der Waals surface area contributed by atoms with Crippen LogP contribution < -0.4 is 0 Å². The number of aromatic nitrogens is 4. The number of hydrogen-bond donors (Lipinski definition) is 0. The molecule has 1 aliphatic rings. The van der Waals surface area contributed by atoms with Crippen LogP contribution in [0.1, 0.15) is 66.7 Å². The molecular weight excluding hydrogens is 318 g/mol. The minimum atomic E-state index is -0.149. The number of imidazole rings is 1. The van der Waals surface area contributed by atoms with E-state index in [1.165, 1.54) is 0 Å². The summed E-state index contributed by atoms with van der Waals surface area (Å²) in [6.07, 6.45) is 3.68. The van der Waals surface area contributed by atoms with Gasteiger partial charge in [0.1, 0.15) is 5.82 Å². The Kier molecular flexibility index (Phi) is 3.78. The minimum absolute atomic E-state index is 0.0739. The predicted molar refractivity (Wildman–Crippen MR) is 91.3 cm³/mol. The van der Waals surface area contributed by atoms with Gasteiger partial charge in [-0.05, 0) is 31.9 Å². The Labute approximate surface area is 145 Å². The third-order valence-corrected chi connectivity index (χ3v) is 4.69. The summed E-state index contributed by atoms with van der Waals surface area (Å²) < 4.78 is 7.26. The molecule has 3 aromatic rings. The van der Waals surface area contributed by atoms with Crippen molar-refractivity contribution in [3.05, 3.63) is 47.6 Å². The van der Waals surface area contributed by atoms with Gasteiger partial charge in [0.25, 0.3) is 5.91 Å². The highest BCUT2D eigenvalue weighted by Crippen LogP contribution is 2.32. The molecule has 0 aromatic carbocycles. The fourth-order valence-electron chi connectivity index (χ4n) is 3.38. The zero-order valence-corrected chi connectivity index (χ0v) is 14.6. The molecule has 7 heteroatoms. The number of carbonyl (C=O) groups is 1. The molecular formula is C18H21N5O2. The van der Waals surface area contributed by atoms with Crippen molar-refractivity contribution in [2.75, 3.05) is 6.54 Å². The first-order valence-corrected chi connectivity index (χ1v) is 8.64. The summed E-state index contributed by atoms with van der Waals surface area (Å²) in [6, 6.07) is 5.62. The minimum Gasteiger partial charge on any atom is -0.339 e. The van der Waals surface area contributed by atoms with E-state index in [0.717, 1.165) is 24.2 Å². The number of carbonyl (C=O) groups excluding carboxylic acids is 1. The molecule has 1 saturated heterocycles. The van der Waals surface area contributed by atoms with E-state index in [-0.39, 0.29) is 17.9 Å². The maximum Gasteiger partial charge on any atom is 0.275 e. The molecule has 0 radical (unpaired) electrons. The third-order valence-electron chi connectivity index (χ3n) is 4.69. The van der Waals surface area contributed by atoms with Crippen molar-refractivity contribution < 1.29 is 9.32 Å². The number of amides is 1. The Bertz CT molecular complexity index is 927. The van der Waals surface area contributed by atoms with Crippen LogP contribution in [0.15, 0.2) is 28.9 Å². The lowest BCUT2D eigenvalue weighted by Gasteiger charge is -2.21. The Morgan fingerprint density at radius 2 is 2.16 bits per heavy atom. The summed E-state index contributed by atoms with van der Waals surface area (Å²) in [7, 11) is 0. The molecule has 0 N–H and O–H groups in total. The number of fused-ring (bicyclic) bond motifs is 1. The second kappa shape index (κ2) is 5.98. The fraction of sp³-hybridized carbons (Fsp3) is 0.444. The quantitative estimate of drug-likeness (QED) is 0.733. The largest absolute Gasteiger partial charge is 0.339 e. The second-order valence-corrected chi connectivity index (χ2v) is 6.77.